The largest absolute Gasteiger partial charge is 0.441 e. The smallest absolute Gasteiger partial charge is 0.224 e. The number of carbonyl (C=O) groups excluding carboxylic acids is 1. The first-order chi connectivity index (χ1) is 14.0. The van der Waals surface area contributed by atoms with Crippen LogP contribution >= 0.6 is 0 Å². The number of aryl methyl sites for hydroxylation is 2. The summed E-state index contributed by atoms with van der Waals surface area (Å²) in [5.41, 5.74) is 4.43. The standard InChI is InChI=1S/C25H30N2O2/c1-4-5-6-19-7-13-22(14-8-19)27-24(28)15-16-25-26-17-23(29-25)21-11-9-20(10-12-21)18(2)3/h7-14,17-18H,4-6,15-16H2,1-3H3,(H,27,28). The highest BCUT2D eigenvalue weighted by Gasteiger charge is 2.10. The summed E-state index contributed by atoms with van der Waals surface area (Å²) in [5, 5.41) is 2.94. The highest BCUT2D eigenvalue weighted by atomic mass is 16.4. The van der Waals surface area contributed by atoms with E-state index in [2.05, 4.69) is 67.5 Å². The van der Waals surface area contributed by atoms with Gasteiger partial charge in [-0.05, 0) is 42.0 Å². The van der Waals surface area contributed by atoms with Crippen molar-refractivity contribution in [1.29, 1.82) is 0 Å². The van der Waals surface area contributed by atoms with Gasteiger partial charge >= 0.3 is 0 Å². The molecule has 0 unspecified atom stereocenters. The molecule has 152 valence electrons. The van der Waals surface area contributed by atoms with E-state index in [9.17, 15) is 4.79 Å². The Labute approximate surface area is 173 Å². The molecule has 29 heavy (non-hydrogen) atoms. The molecule has 1 aromatic heterocycles. The number of nitrogens with zero attached hydrogens (tertiary/aromatic N) is 1. The topological polar surface area (TPSA) is 55.1 Å². The molecule has 4 nitrogen and oxygen atoms in total. The molecule has 0 aliphatic heterocycles. The molecule has 0 aliphatic rings. The number of nitrogens with one attached hydrogen (secondary N) is 1. The van der Waals surface area contributed by atoms with E-state index in [1.807, 2.05) is 12.1 Å². The molecular weight excluding hydrogens is 360 g/mol. The highest BCUT2D eigenvalue weighted by molar-refractivity contribution is 5.90. The van der Waals surface area contributed by atoms with Gasteiger partial charge in [-0.2, -0.15) is 0 Å². The van der Waals surface area contributed by atoms with Crippen molar-refractivity contribution < 1.29 is 9.21 Å². The Morgan fingerprint density at radius 2 is 1.76 bits per heavy atom. The summed E-state index contributed by atoms with van der Waals surface area (Å²) in [6.07, 6.45) is 5.99. The third kappa shape index (κ3) is 6.05. The number of unbranched alkanes of at least 4 members (excludes halogenated alkanes) is 1. The van der Waals surface area contributed by atoms with E-state index in [-0.39, 0.29) is 5.91 Å². The second-order valence-corrected chi connectivity index (χ2v) is 7.74. The van der Waals surface area contributed by atoms with Crippen molar-refractivity contribution in [2.45, 2.75) is 58.8 Å². The zero-order valence-electron chi connectivity index (χ0n) is 17.6. The molecule has 0 saturated heterocycles. The molecule has 1 heterocycles. The summed E-state index contributed by atoms with van der Waals surface area (Å²) in [4.78, 5) is 16.6. The number of aromatic nitrogens is 1. The van der Waals surface area contributed by atoms with Crippen LogP contribution in [0.3, 0.4) is 0 Å². The quantitative estimate of drug-likeness (QED) is 0.461. The lowest BCUT2D eigenvalue weighted by atomic mass is 10.0. The lowest BCUT2D eigenvalue weighted by Crippen LogP contribution is -2.12. The second kappa shape index (κ2) is 10.1. The highest BCUT2D eigenvalue weighted by Crippen LogP contribution is 2.24. The zero-order chi connectivity index (χ0) is 20.6. The molecule has 1 amide bonds. The van der Waals surface area contributed by atoms with Crippen LogP contribution in [0.15, 0.2) is 59.1 Å². The van der Waals surface area contributed by atoms with Gasteiger partial charge in [-0.3, -0.25) is 4.79 Å². The van der Waals surface area contributed by atoms with Gasteiger partial charge in [-0.25, -0.2) is 4.98 Å². The number of amides is 1. The Morgan fingerprint density at radius 3 is 2.41 bits per heavy atom. The molecule has 2 aromatic carbocycles. The van der Waals surface area contributed by atoms with Gasteiger partial charge in [-0.15, -0.1) is 0 Å². The second-order valence-electron chi connectivity index (χ2n) is 7.74. The van der Waals surface area contributed by atoms with Crippen LogP contribution in [-0.2, 0) is 17.6 Å². The number of hydrogen-bond acceptors (Lipinski definition) is 3. The number of oxazole rings is 1. The van der Waals surface area contributed by atoms with Gasteiger partial charge in [0.1, 0.15) is 0 Å². The first kappa shape index (κ1) is 20.8. The van der Waals surface area contributed by atoms with Crippen LogP contribution in [0, 0.1) is 0 Å². The third-order valence-corrected chi connectivity index (χ3v) is 5.04. The first-order valence-electron chi connectivity index (χ1n) is 10.5. The van der Waals surface area contributed by atoms with Gasteiger partial charge in [0.15, 0.2) is 11.7 Å². The van der Waals surface area contributed by atoms with E-state index in [1.54, 1.807) is 6.20 Å². The SMILES string of the molecule is CCCCc1ccc(NC(=O)CCc2ncc(-c3ccc(C(C)C)cc3)o2)cc1. The summed E-state index contributed by atoms with van der Waals surface area (Å²) in [6, 6.07) is 16.4. The number of anilines is 1. The molecule has 0 fully saturated rings. The summed E-state index contributed by atoms with van der Waals surface area (Å²) in [5.74, 6) is 1.78. The van der Waals surface area contributed by atoms with Gasteiger partial charge < -0.3 is 9.73 Å². The fraction of sp³-hybridized carbons (Fsp3) is 0.360. The van der Waals surface area contributed by atoms with Gasteiger partial charge in [0.05, 0.1) is 6.20 Å². The Kier molecular flexibility index (Phi) is 7.23. The fourth-order valence-electron chi connectivity index (χ4n) is 3.17. The zero-order valence-corrected chi connectivity index (χ0v) is 17.6. The average Bonchev–Trinajstić information content (AvgIpc) is 3.21. The van der Waals surface area contributed by atoms with Crippen LogP contribution in [0.2, 0.25) is 0 Å². The molecule has 0 aliphatic carbocycles. The minimum absolute atomic E-state index is 0.0349. The monoisotopic (exact) mass is 390 g/mol. The molecule has 3 rings (SSSR count). The normalized spacial score (nSPS) is 11.0. The summed E-state index contributed by atoms with van der Waals surface area (Å²) in [7, 11) is 0. The number of benzene rings is 2. The maximum atomic E-state index is 12.2. The van der Waals surface area contributed by atoms with Crippen molar-refractivity contribution in [3.05, 3.63) is 71.7 Å². The van der Waals surface area contributed by atoms with Gasteiger partial charge in [-0.1, -0.05) is 63.6 Å². The van der Waals surface area contributed by atoms with Crippen molar-refractivity contribution in [2.24, 2.45) is 0 Å². The predicted molar refractivity (Wildman–Crippen MR) is 118 cm³/mol. The van der Waals surface area contributed by atoms with Crippen LogP contribution < -0.4 is 5.32 Å². The molecule has 0 bridgehead atoms. The fourth-order valence-corrected chi connectivity index (χ4v) is 3.17. The van der Waals surface area contributed by atoms with E-state index in [1.165, 1.54) is 24.0 Å². The number of carbonyl (C=O) groups is 1. The van der Waals surface area contributed by atoms with Crippen LogP contribution in [0.1, 0.15) is 63.0 Å². The van der Waals surface area contributed by atoms with Gasteiger partial charge in [0.25, 0.3) is 0 Å². The maximum Gasteiger partial charge on any atom is 0.224 e. The predicted octanol–water partition coefficient (Wildman–Crippen LogP) is 6.38. The third-order valence-electron chi connectivity index (χ3n) is 5.04. The molecular formula is C25H30N2O2. The van der Waals surface area contributed by atoms with Crippen molar-refractivity contribution >= 4 is 11.6 Å². The van der Waals surface area contributed by atoms with E-state index in [4.69, 9.17) is 4.42 Å². The minimum atomic E-state index is -0.0349. The summed E-state index contributed by atoms with van der Waals surface area (Å²) in [6.45, 7) is 6.54. The van der Waals surface area contributed by atoms with Crippen molar-refractivity contribution in [1.82, 2.24) is 4.98 Å². The van der Waals surface area contributed by atoms with Crippen LogP contribution in [0.25, 0.3) is 11.3 Å². The van der Waals surface area contributed by atoms with E-state index in [0.717, 1.165) is 23.4 Å². The number of rotatable bonds is 9. The number of hydrogen-bond donors (Lipinski definition) is 1. The lowest BCUT2D eigenvalue weighted by Gasteiger charge is -2.06. The van der Waals surface area contributed by atoms with Gasteiger partial charge in [0, 0.05) is 24.1 Å². The van der Waals surface area contributed by atoms with Crippen LogP contribution in [0.4, 0.5) is 5.69 Å². The molecule has 1 N–H and O–H groups in total. The van der Waals surface area contributed by atoms with Crippen LogP contribution in [0.5, 0.6) is 0 Å². The van der Waals surface area contributed by atoms with Crippen LogP contribution in [-0.4, -0.2) is 10.9 Å². The molecule has 3 aromatic rings. The molecule has 0 saturated carbocycles. The van der Waals surface area contributed by atoms with Gasteiger partial charge in [0.2, 0.25) is 5.91 Å². The lowest BCUT2D eigenvalue weighted by molar-refractivity contribution is -0.116. The molecule has 4 heteroatoms. The summed E-state index contributed by atoms with van der Waals surface area (Å²) >= 11 is 0. The van der Waals surface area contributed by atoms with Crippen molar-refractivity contribution in [3.63, 3.8) is 0 Å². The molecule has 0 atom stereocenters. The van der Waals surface area contributed by atoms with E-state index in [0.29, 0.717) is 24.7 Å². The van der Waals surface area contributed by atoms with E-state index >= 15 is 0 Å². The summed E-state index contributed by atoms with van der Waals surface area (Å²) < 4.78 is 5.83. The Morgan fingerprint density at radius 1 is 1.03 bits per heavy atom. The van der Waals surface area contributed by atoms with Crippen molar-refractivity contribution in [2.75, 3.05) is 5.32 Å². The maximum absolute atomic E-state index is 12.2. The van der Waals surface area contributed by atoms with E-state index < -0.39 is 0 Å². The average molecular weight is 391 g/mol. The first-order valence-corrected chi connectivity index (χ1v) is 10.5. The Hall–Kier alpha value is -2.88. The molecule has 0 spiro atoms. The van der Waals surface area contributed by atoms with Crippen molar-refractivity contribution in [3.8, 4) is 11.3 Å². The Balaban J connectivity index is 1.50. The Bertz CT molecular complexity index is 909. The molecule has 0 radical (unpaired) electrons. The minimum Gasteiger partial charge on any atom is -0.441 e.